The third-order valence-electron chi connectivity index (χ3n) is 8.74. The van der Waals surface area contributed by atoms with E-state index >= 15 is 0 Å². The van der Waals surface area contributed by atoms with Crippen molar-refractivity contribution >= 4 is 11.9 Å². The molecule has 46 heavy (non-hydrogen) atoms. The van der Waals surface area contributed by atoms with Gasteiger partial charge in [0, 0.05) is 12.8 Å². The highest BCUT2D eigenvalue weighted by Gasteiger charge is 2.44. The first kappa shape index (κ1) is 42.7. The number of hydrogen-bond acceptors (Lipinski definition) is 10. The Hall–Kier alpha value is -1.30. The van der Waals surface area contributed by atoms with Gasteiger partial charge in [0.15, 0.2) is 12.4 Å². The largest absolute Gasteiger partial charge is 0.462 e. The van der Waals surface area contributed by atoms with Crippen molar-refractivity contribution in [3.05, 3.63) is 0 Å². The third kappa shape index (κ3) is 20.8. The number of esters is 2. The maximum absolute atomic E-state index is 12.6. The molecule has 0 unspecified atom stereocenters. The van der Waals surface area contributed by atoms with Crippen molar-refractivity contribution in [2.45, 2.75) is 198 Å². The highest BCUT2D eigenvalue weighted by Crippen LogP contribution is 2.22. The minimum absolute atomic E-state index is 0.210. The molecule has 6 atom stereocenters. The molecule has 0 aromatic heterocycles. The summed E-state index contributed by atoms with van der Waals surface area (Å²) in [7, 11) is 0. The van der Waals surface area contributed by atoms with Crippen molar-refractivity contribution in [1.29, 1.82) is 0 Å². The van der Waals surface area contributed by atoms with Crippen molar-refractivity contribution in [3.8, 4) is 0 Å². The average molecular weight is 661 g/mol. The highest BCUT2D eigenvalue weighted by molar-refractivity contribution is 5.70. The first-order chi connectivity index (χ1) is 22.3. The first-order valence-corrected chi connectivity index (χ1v) is 18.6. The molecule has 1 heterocycles. The Bertz CT molecular complexity index is 734. The Morgan fingerprint density at radius 3 is 1.48 bits per heavy atom. The van der Waals surface area contributed by atoms with Crippen LogP contribution in [0, 0.1) is 0 Å². The molecule has 10 heteroatoms. The fourth-order valence-electron chi connectivity index (χ4n) is 5.72. The van der Waals surface area contributed by atoms with Gasteiger partial charge in [-0.2, -0.15) is 0 Å². The molecule has 0 spiro atoms. The van der Waals surface area contributed by atoms with E-state index in [1.807, 2.05) is 0 Å². The van der Waals surface area contributed by atoms with Crippen LogP contribution >= 0.6 is 0 Å². The zero-order valence-electron chi connectivity index (χ0n) is 29.1. The summed E-state index contributed by atoms with van der Waals surface area (Å²) in [6, 6.07) is 0. The maximum Gasteiger partial charge on any atom is 0.306 e. The normalized spacial score (nSPS) is 22.1. The van der Waals surface area contributed by atoms with E-state index in [0.717, 1.165) is 38.5 Å². The van der Waals surface area contributed by atoms with E-state index in [1.54, 1.807) is 0 Å². The zero-order chi connectivity index (χ0) is 33.8. The van der Waals surface area contributed by atoms with Crippen LogP contribution in [0.15, 0.2) is 0 Å². The van der Waals surface area contributed by atoms with Gasteiger partial charge in [0.1, 0.15) is 31.0 Å². The van der Waals surface area contributed by atoms with Crippen molar-refractivity contribution in [3.63, 3.8) is 0 Å². The van der Waals surface area contributed by atoms with Gasteiger partial charge in [-0.25, -0.2) is 0 Å². The lowest BCUT2D eigenvalue weighted by molar-refractivity contribution is -0.305. The second-order valence-corrected chi connectivity index (χ2v) is 13.0. The number of aliphatic hydroxyl groups excluding tert-OH is 4. The summed E-state index contributed by atoms with van der Waals surface area (Å²) in [6.07, 6.45) is 16.9. The van der Waals surface area contributed by atoms with E-state index in [9.17, 15) is 30.0 Å². The van der Waals surface area contributed by atoms with Gasteiger partial charge >= 0.3 is 11.9 Å². The number of rotatable bonds is 30. The van der Waals surface area contributed by atoms with Crippen LogP contribution in [0.4, 0.5) is 0 Å². The predicted molar refractivity (Wildman–Crippen MR) is 178 cm³/mol. The zero-order valence-corrected chi connectivity index (χ0v) is 29.1. The van der Waals surface area contributed by atoms with Crippen molar-refractivity contribution in [2.24, 2.45) is 0 Å². The lowest BCUT2D eigenvalue weighted by Gasteiger charge is -2.39. The van der Waals surface area contributed by atoms with E-state index in [0.29, 0.717) is 6.42 Å². The molecule has 0 aromatic carbocycles. The summed E-state index contributed by atoms with van der Waals surface area (Å²) >= 11 is 0. The van der Waals surface area contributed by atoms with Gasteiger partial charge < -0.3 is 39.4 Å². The van der Waals surface area contributed by atoms with Crippen LogP contribution in [-0.2, 0) is 28.5 Å². The molecule has 0 saturated carbocycles. The molecule has 1 aliphatic heterocycles. The second kappa shape index (κ2) is 28.7. The van der Waals surface area contributed by atoms with Gasteiger partial charge in [-0.1, -0.05) is 136 Å². The average Bonchev–Trinajstić information content (AvgIpc) is 3.05. The second-order valence-electron chi connectivity index (χ2n) is 13.0. The van der Waals surface area contributed by atoms with Gasteiger partial charge in [0.2, 0.25) is 0 Å². The van der Waals surface area contributed by atoms with E-state index in [4.69, 9.17) is 18.9 Å². The minimum atomic E-state index is -1.59. The van der Waals surface area contributed by atoms with Crippen LogP contribution in [0.1, 0.15) is 162 Å². The van der Waals surface area contributed by atoms with Gasteiger partial charge in [0.25, 0.3) is 0 Å². The van der Waals surface area contributed by atoms with Gasteiger partial charge in [-0.15, -0.1) is 0 Å². The van der Waals surface area contributed by atoms with Crippen LogP contribution < -0.4 is 0 Å². The highest BCUT2D eigenvalue weighted by atomic mass is 16.7. The van der Waals surface area contributed by atoms with Crippen LogP contribution in [-0.4, -0.2) is 89.0 Å². The summed E-state index contributed by atoms with van der Waals surface area (Å²) < 4.78 is 22.0. The molecular weight excluding hydrogens is 592 g/mol. The van der Waals surface area contributed by atoms with E-state index in [-0.39, 0.29) is 32.0 Å². The van der Waals surface area contributed by atoms with Gasteiger partial charge in [0.05, 0.1) is 13.2 Å². The molecule has 0 aliphatic carbocycles. The van der Waals surface area contributed by atoms with Crippen LogP contribution in [0.2, 0.25) is 0 Å². The monoisotopic (exact) mass is 660 g/mol. The molecule has 272 valence electrons. The number of aliphatic hydroxyl groups is 4. The quantitative estimate of drug-likeness (QED) is 0.0512. The first-order valence-electron chi connectivity index (χ1n) is 18.6. The van der Waals surface area contributed by atoms with E-state index in [2.05, 4.69) is 13.8 Å². The minimum Gasteiger partial charge on any atom is -0.462 e. The molecule has 0 bridgehead atoms. The molecule has 1 saturated heterocycles. The van der Waals surface area contributed by atoms with Crippen LogP contribution in [0.3, 0.4) is 0 Å². The van der Waals surface area contributed by atoms with E-state index < -0.39 is 49.4 Å². The number of carbonyl (C=O) groups excluding carboxylic acids is 2. The maximum atomic E-state index is 12.6. The smallest absolute Gasteiger partial charge is 0.306 e. The molecule has 0 amide bonds. The number of ether oxygens (including phenoxy) is 4. The van der Waals surface area contributed by atoms with Gasteiger partial charge in [-0.05, 0) is 12.8 Å². The predicted octanol–water partition coefficient (Wildman–Crippen LogP) is 6.27. The molecule has 4 N–H and O–H groups in total. The molecule has 1 fully saturated rings. The Morgan fingerprint density at radius 2 is 1.02 bits per heavy atom. The molecule has 1 aliphatic rings. The fourth-order valence-corrected chi connectivity index (χ4v) is 5.72. The molecule has 1 rings (SSSR count). The summed E-state index contributed by atoms with van der Waals surface area (Å²) in [5, 5.41) is 39.8. The SMILES string of the molecule is CCCCCCCCCCCCCC(=O)OC[C@H](CO[C@@H]1O[C@H](CO)[C@H](O)[C@H](O)[C@H]1O)OC(=O)CCCCCCCCCCCC. The van der Waals surface area contributed by atoms with Crippen molar-refractivity contribution in [2.75, 3.05) is 19.8 Å². The summed E-state index contributed by atoms with van der Waals surface area (Å²) in [5.74, 6) is -0.803. The topological polar surface area (TPSA) is 152 Å². The summed E-state index contributed by atoms with van der Waals surface area (Å²) in [6.45, 7) is 3.38. The lowest BCUT2D eigenvalue weighted by atomic mass is 9.99. The fraction of sp³-hybridized carbons (Fsp3) is 0.944. The number of hydrogen-bond donors (Lipinski definition) is 4. The molecular formula is C36H68O10. The molecule has 0 radical (unpaired) electrons. The van der Waals surface area contributed by atoms with Gasteiger partial charge in [-0.3, -0.25) is 9.59 Å². The third-order valence-corrected chi connectivity index (χ3v) is 8.74. The summed E-state index contributed by atoms with van der Waals surface area (Å²) in [5.41, 5.74) is 0. The summed E-state index contributed by atoms with van der Waals surface area (Å²) in [4.78, 5) is 25.0. The Kier molecular flexibility index (Phi) is 26.6. The van der Waals surface area contributed by atoms with Crippen molar-refractivity contribution < 1.29 is 49.0 Å². The lowest BCUT2D eigenvalue weighted by Crippen LogP contribution is -2.59. The standard InChI is InChI=1S/C36H68O10/c1-3-5-7-9-11-13-15-17-18-20-22-24-31(38)43-27-29(28-44-36-35(42)34(41)33(40)30(26-37)46-36)45-32(39)25-23-21-19-16-14-12-10-8-6-4-2/h29-30,33-37,40-42H,3-28H2,1-2H3/t29-,30-,33+,34+,35-,36-/m1/s1. The Morgan fingerprint density at radius 1 is 0.587 bits per heavy atom. The number of carbonyl (C=O) groups is 2. The van der Waals surface area contributed by atoms with Crippen LogP contribution in [0.25, 0.3) is 0 Å². The molecule has 10 nitrogen and oxygen atoms in total. The Balaban J connectivity index is 2.41. The number of unbranched alkanes of at least 4 members (excludes halogenated alkanes) is 19. The Labute approximate surface area is 278 Å². The van der Waals surface area contributed by atoms with Crippen molar-refractivity contribution in [1.82, 2.24) is 0 Å². The van der Waals surface area contributed by atoms with Crippen LogP contribution in [0.5, 0.6) is 0 Å². The van der Waals surface area contributed by atoms with E-state index in [1.165, 1.54) is 89.9 Å². The molecule has 0 aromatic rings.